The van der Waals surface area contributed by atoms with Crippen molar-refractivity contribution in [2.75, 3.05) is 13.1 Å². The van der Waals surface area contributed by atoms with Crippen LogP contribution in [0.1, 0.15) is 27.8 Å². The molecular formula is C19H20N2O. The van der Waals surface area contributed by atoms with Crippen LogP contribution >= 0.6 is 0 Å². The van der Waals surface area contributed by atoms with Crippen molar-refractivity contribution in [1.82, 2.24) is 9.47 Å². The van der Waals surface area contributed by atoms with Gasteiger partial charge in [-0.3, -0.25) is 9.69 Å². The minimum atomic E-state index is 0.0656. The number of aromatic nitrogens is 1. The normalized spacial score (nSPS) is 17.7. The van der Waals surface area contributed by atoms with Gasteiger partial charge in [-0.15, -0.1) is 13.2 Å². The van der Waals surface area contributed by atoms with Crippen LogP contribution < -0.4 is 0 Å². The summed E-state index contributed by atoms with van der Waals surface area (Å²) < 4.78 is 2.13. The Labute approximate surface area is 131 Å². The molecule has 0 spiro atoms. The molecule has 3 heteroatoms. The van der Waals surface area contributed by atoms with E-state index in [4.69, 9.17) is 0 Å². The summed E-state index contributed by atoms with van der Waals surface area (Å²) in [5, 5.41) is 0. The second-order valence-corrected chi connectivity index (χ2v) is 5.56. The first-order valence-electron chi connectivity index (χ1n) is 7.50. The van der Waals surface area contributed by atoms with E-state index in [0.29, 0.717) is 0 Å². The van der Waals surface area contributed by atoms with Crippen molar-refractivity contribution in [2.24, 2.45) is 0 Å². The van der Waals surface area contributed by atoms with Gasteiger partial charge in [0.1, 0.15) is 0 Å². The number of hydrogen-bond acceptors (Lipinski definition) is 2. The molecule has 0 bridgehead atoms. The summed E-state index contributed by atoms with van der Waals surface area (Å²) in [5.74, 6) is 0.0656. The van der Waals surface area contributed by atoms with Crippen LogP contribution in [0.15, 0.2) is 67.8 Å². The smallest absolute Gasteiger partial charge is 0.209 e. The summed E-state index contributed by atoms with van der Waals surface area (Å²) >= 11 is 0. The monoisotopic (exact) mass is 292 g/mol. The molecule has 0 amide bonds. The van der Waals surface area contributed by atoms with Gasteiger partial charge in [-0.05, 0) is 12.1 Å². The van der Waals surface area contributed by atoms with Gasteiger partial charge in [-0.1, -0.05) is 42.5 Å². The second kappa shape index (κ2) is 6.16. The van der Waals surface area contributed by atoms with Crippen molar-refractivity contribution in [3.63, 3.8) is 0 Å². The van der Waals surface area contributed by atoms with Gasteiger partial charge in [0.05, 0.1) is 11.7 Å². The van der Waals surface area contributed by atoms with Gasteiger partial charge in [-0.25, -0.2) is 0 Å². The van der Waals surface area contributed by atoms with Crippen molar-refractivity contribution >= 4 is 5.78 Å². The number of carbonyl (C=O) groups excluding carboxylic acids is 1. The lowest BCUT2D eigenvalue weighted by Gasteiger charge is -2.34. The molecule has 1 aromatic carbocycles. The Morgan fingerprint density at radius 2 is 1.95 bits per heavy atom. The van der Waals surface area contributed by atoms with E-state index in [9.17, 15) is 4.79 Å². The van der Waals surface area contributed by atoms with Crippen LogP contribution in [-0.2, 0) is 6.54 Å². The van der Waals surface area contributed by atoms with E-state index in [-0.39, 0.29) is 11.8 Å². The van der Waals surface area contributed by atoms with Crippen LogP contribution in [-0.4, -0.2) is 28.3 Å². The molecule has 2 aromatic rings. The number of benzene rings is 1. The van der Waals surface area contributed by atoms with E-state index >= 15 is 0 Å². The standard InChI is InChI=1S/C19H20N2O/c1-3-12-20-13-16(4-2)21-17(14-20)10-11-18(21)19(22)15-8-6-5-7-9-15/h3-11,16H,1-2,12-14H2/t16-/m0/s1. The fourth-order valence-corrected chi connectivity index (χ4v) is 3.07. The van der Waals surface area contributed by atoms with Crippen LogP contribution in [0.25, 0.3) is 0 Å². The van der Waals surface area contributed by atoms with Gasteiger partial charge in [0.2, 0.25) is 5.78 Å². The Hall–Kier alpha value is -2.39. The Morgan fingerprint density at radius 1 is 1.18 bits per heavy atom. The number of hydrogen-bond donors (Lipinski definition) is 0. The SMILES string of the molecule is C=CCN1Cc2ccc(C(=O)c3ccccc3)n2[C@@H](C=C)C1. The van der Waals surface area contributed by atoms with E-state index < -0.39 is 0 Å². The first-order chi connectivity index (χ1) is 10.7. The third-order valence-electron chi connectivity index (χ3n) is 4.09. The average molecular weight is 292 g/mol. The van der Waals surface area contributed by atoms with Gasteiger partial charge in [0.15, 0.2) is 0 Å². The molecule has 1 aromatic heterocycles. The number of carbonyl (C=O) groups is 1. The Kier molecular flexibility index (Phi) is 4.07. The highest BCUT2D eigenvalue weighted by atomic mass is 16.1. The number of fused-ring (bicyclic) bond motifs is 1. The summed E-state index contributed by atoms with van der Waals surface area (Å²) in [4.78, 5) is 15.1. The Morgan fingerprint density at radius 3 is 2.64 bits per heavy atom. The van der Waals surface area contributed by atoms with Crippen molar-refractivity contribution in [3.8, 4) is 0 Å². The van der Waals surface area contributed by atoms with E-state index in [1.165, 1.54) is 0 Å². The number of nitrogens with zero attached hydrogens (tertiary/aromatic N) is 2. The zero-order valence-corrected chi connectivity index (χ0v) is 12.6. The largest absolute Gasteiger partial charge is 0.332 e. The van der Waals surface area contributed by atoms with Crippen LogP contribution in [0.5, 0.6) is 0 Å². The van der Waals surface area contributed by atoms with E-state index in [2.05, 4.69) is 22.6 Å². The van der Waals surface area contributed by atoms with E-state index in [1.807, 2.05) is 54.6 Å². The fourth-order valence-electron chi connectivity index (χ4n) is 3.07. The summed E-state index contributed by atoms with van der Waals surface area (Å²) in [7, 11) is 0. The minimum absolute atomic E-state index is 0.0656. The maximum absolute atomic E-state index is 12.8. The van der Waals surface area contributed by atoms with Crippen LogP contribution in [0, 0.1) is 0 Å². The van der Waals surface area contributed by atoms with Crippen LogP contribution in [0.2, 0.25) is 0 Å². The molecule has 0 N–H and O–H groups in total. The molecule has 112 valence electrons. The predicted molar refractivity (Wildman–Crippen MR) is 89.0 cm³/mol. The van der Waals surface area contributed by atoms with Gasteiger partial charge in [0, 0.05) is 30.9 Å². The first kappa shape index (κ1) is 14.5. The van der Waals surface area contributed by atoms with E-state index in [1.54, 1.807) is 0 Å². The van der Waals surface area contributed by atoms with Gasteiger partial charge >= 0.3 is 0 Å². The van der Waals surface area contributed by atoms with Gasteiger partial charge in [-0.2, -0.15) is 0 Å². The van der Waals surface area contributed by atoms with Gasteiger partial charge in [0.25, 0.3) is 0 Å². The van der Waals surface area contributed by atoms with Crippen molar-refractivity contribution in [3.05, 3.63) is 84.7 Å². The first-order valence-corrected chi connectivity index (χ1v) is 7.50. The van der Waals surface area contributed by atoms with Crippen molar-refractivity contribution < 1.29 is 4.79 Å². The molecule has 0 unspecified atom stereocenters. The number of rotatable bonds is 5. The highest BCUT2D eigenvalue weighted by Gasteiger charge is 2.27. The molecular weight excluding hydrogens is 272 g/mol. The molecule has 2 heterocycles. The molecule has 0 aliphatic carbocycles. The molecule has 0 fully saturated rings. The zero-order valence-electron chi connectivity index (χ0n) is 12.6. The third-order valence-corrected chi connectivity index (χ3v) is 4.09. The zero-order chi connectivity index (χ0) is 15.5. The quantitative estimate of drug-likeness (QED) is 0.623. The second-order valence-electron chi connectivity index (χ2n) is 5.56. The molecule has 0 saturated carbocycles. The van der Waals surface area contributed by atoms with Crippen LogP contribution in [0.4, 0.5) is 0 Å². The van der Waals surface area contributed by atoms with Crippen molar-refractivity contribution in [1.29, 1.82) is 0 Å². The number of ketones is 1. The lowest BCUT2D eigenvalue weighted by atomic mass is 10.1. The summed E-state index contributed by atoms with van der Waals surface area (Å²) in [6, 6.07) is 13.5. The van der Waals surface area contributed by atoms with Gasteiger partial charge < -0.3 is 4.57 Å². The summed E-state index contributed by atoms with van der Waals surface area (Å²) in [5.41, 5.74) is 2.61. The molecule has 0 radical (unpaired) electrons. The molecule has 22 heavy (non-hydrogen) atoms. The fraction of sp³-hybridized carbons (Fsp3) is 0.211. The molecule has 1 atom stereocenters. The minimum Gasteiger partial charge on any atom is -0.332 e. The summed E-state index contributed by atoms with van der Waals surface area (Å²) in [6.45, 7) is 10.3. The molecule has 3 rings (SSSR count). The summed E-state index contributed by atoms with van der Waals surface area (Å²) in [6.07, 6.45) is 3.83. The molecule has 3 nitrogen and oxygen atoms in total. The lowest BCUT2D eigenvalue weighted by Crippen LogP contribution is -2.37. The highest BCUT2D eigenvalue weighted by molar-refractivity contribution is 6.08. The maximum atomic E-state index is 12.8. The maximum Gasteiger partial charge on any atom is 0.209 e. The van der Waals surface area contributed by atoms with Crippen molar-refractivity contribution in [2.45, 2.75) is 12.6 Å². The third kappa shape index (κ3) is 2.55. The molecule has 1 aliphatic heterocycles. The topological polar surface area (TPSA) is 25.2 Å². The predicted octanol–water partition coefficient (Wildman–Crippen LogP) is 3.45. The highest BCUT2D eigenvalue weighted by Crippen LogP contribution is 2.27. The molecule has 0 saturated heterocycles. The Bertz CT molecular complexity index is 699. The Balaban J connectivity index is 1.98. The van der Waals surface area contributed by atoms with E-state index in [0.717, 1.165) is 36.6 Å². The lowest BCUT2D eigenvalue weighted by molar-refractivity contribution is 0.102. The average Bonchev–Trinajstić information content (AvgIpc) is 2.98. The molecule has 1 aliphatic rings. The van der Waals surface area contributed by atoms with Crippen LogP contribution in [0.3, 0.4) is 0 Å².